The maximum Gasteiger partial charge on any atom is 0.200 e. The van der Waals surface area contributed by atoms with Crippen LogP contribution in [-0.2, 0) is 47.4 Å². The molecule has 35 unspecified atom stereocenters. The van der Waals surface area contributed by atoms with Crippen molar-refractivity contribution >= 4 is 0 Å². The fourth-order valence-electron chi connectivity index (χ4n) is 15.6. The third-order valence-electron chi connectivity index (χ3n) is 20.1. The first-order chi connectivity index (χ1) is 35.8. The van der Waals surface area contributed by atoms with Crippen LogP contribution in [0.25, 0.3) is 0 Å². The summed E-state index contributed by atoms with van der Waals surface area (Å²) in [6, 6.07) is 0. The highest BCUT2D eigenvalue weighted by Crippen LogP contribution is 2.71. The number of aliphatic hydroxyl groups is 15. The smallest absolute Gasteiger partial charge is 0.200 e. The Kier molecular flexibility index (Phi) is 16.4. The lowest BCUT2D eigenvalue weighted by Gasteiger charge is -2.62. The molecule has 0 aromatic heterocycles. The molecule has 76 heavy (non-hydrogen) atoms. The van der Waals surface area contributed by atoms with Crippen LogP contribution < -0.4 is 0 Å². The molecule has 0 amide bonds. The van der Waals surface area contributed by atoms with E-state index in [2.05, 4.69) is 13.0 Å². The number of allylic oxidation sites excluding steroid dienone is 1. The SMILES string of the molecule is CC1COC2(OC3CC4C5CC=C6CC(O)CC(OC7OC(CO)C(O)C(O)C7OC7OC(C)C(O)C(OC8OC(CO)C(O)C(O)C8O)C7O)C6(C)C5CC(O)C4(C)C3C2C)C(OC2OC(C)C(O)C(O)C2O)C1O. The van der Waals surface area contributed by atoms with Gasteiger partial charge >= 0.3 is 0 Å². The van der Waals surface area contributed by atoms with Crippen LogP contribution in [0.2, 0.25) is 0 Å². The van der Waals surface area contributed by atoms with Crippen molar-refractivity contribution in [2.24, 2.45) is 46.3 Å². The van der Waals surface area contributed by atoms with Gasteiger partial charge in [-0.15, -0.1) is 0 Å². The minimum atomic E-state index is -1.93. The molecule has 6 aliphatic heterocycles. The van der Waals surface area contributed by atoms with Crippen molar-refractivity contribution in [3.63, 3.8) is 0 Å². The predicted molar refractivity (Wildman–Crippen MR) is 251 cm³/mol. The van der Waals surface area contributed by atoms with Gasteiger partial charge in [-0.25, -0.2) is 0 Å². The molecule has 436 valence electrons. The number of rotatable bonds is 10. The average molecular weight is 1100 g/mol. The molecule has 15 N–H and O–H groups in total. The topological polar surface area (TPSA) is 396 Å². The van der Waals surface area contributed by atoms with Crippen LogP contribution in [0.3, 0.4) is 0 Å². The fraction of sp³-hybridized carbons (Fsp3) is 0.961. The molecule has 35 atom stereocenters. The summed E-state index contributed by atoms with van der Waals surface area (Å²) in [7, 11) is 0. The Morgan fingerprint density at radius 1 is 0.566 bits per heavy atom. The van der Waals surface area contributed by atoms with E-state index in [0.717, 1.165) is 5.57 Å². The fourth-order valence-corrected chi connectivity index (χ4v) is 15.6. The molecule has 4 aliphatic carbocycles. The van der Waals surface area contributed by atoms with Crippen LogP contribution in [0.4, 0.5) is 0 Å². The molecule has 10 aliphatic rings. The van der Waals surface area contributed by atoms with E-state index in [1.165, 1.54) is 13.8 Å². The summed E-state index contributed by atoms with van der Waals surface area (Å²) in [6.07, 6.45) is -33.9. The molecule has 6 saturated heterocycles. The van der Waals surface area contributed by atoms with Gasteiger partial charge in [0.05, 0.1) is 62.5 Å². The van der Waals surface area contributed by atoms with Gasteiger partial charge in [0.1, 0.15) is 91.6 Å². The quantitative estimate of drug-likeness (QED) is 0.0911. The standard InChI is InChI=1S/C51H82O25/c1-16-15-67-51(44(31(16)56)75-45-39(64)36(61)32(57)18(3)68-45)17(2)30-25(76-51)11-23-22-8-7-20-9-21(54)10-29(49(20,5)24(22)12-28(55)50(23,30)6)72-48-43(38(63)35(60)27(14-53)71-48)74-47-41(66)42(33(58)19(4)69-47)73-46-40(65)37(62)34(59)26(13-52)70-46/h7,16-19,21-48,52-66H,8-15H2,1-6H3. The molecule has 0 aromatic carbocycles. The predicted octanol–water partition coefficient (Wildman–Crippen LogP) is -5.05. The van der Waals surface area contributed by atoms with Crippen LogP contribution in [-0.4, -0.2) is 262 Å². The molecule has 3 saturated carbocycles. The highest BCUT2D eigenvalue weighted by molar-refractivity contribution is 5.30. The number of ether oxygens (including phenoxy) is 10. The summed E-state index contributed by atoms with van der Waals surface area (Å²) < 4.78 is 62.3. The molecule has 0 radical (unpaired) electrons. The molecule has 10 rings (SSSR count). The van der Waals surface area contributed by atoms with E-state index < -0.39 is 201 Å². The third-order valence-corrected chi connectivity index (χ3v) is 20.1. The third kappa shape index (κ3) is 9.11. The van der Waals surface area contributed by atoms with Crippen molar-refractivity contribution in [2.75, 3.05) is 19.8 Å². The molecule has 9 fully saturated rings. The Morgan fingerprint density at radius 3 is 1.80 bits per heavy atom. The monoisotopic (exact) mass is 1090 g/mol. The highest BCUT2D eigenvalue weighted by Gasteiger charge is 2.74. The van der Waals surface area contributed by atoms with Gasteiger partial charge in [0.15, 0.2) is 25.2 Å². The minimum Gasteiger partial charge on any atom is -0.394 e. The van der Waals surface area contributed by atoms with Crippen molar-refractivity contribution < 1.29 is 124 Å². The maximum absolute atomic E-state index is 12.8. The molecule has 25 heteroatoms. The second kappa shape index (κ2) is 21.5. The van der Waals surface area contributed by atoms with E-state index >= 15 is 0 Å². The van der Waals surface area contributed by atoms with E-state index in [-0.39, 0.29) is 43.1 Å². The zero-order valence-corrected chi connectivity index (χ0v) is 43.5. The number of hydrogen-bond acceptors (Lipinski definition) is 25. The van der Waals surface area contributed by atoms with Gasteiger partial charge in [0.25, 0.3) is 0 Å². The minimum absolute atomic E-state index is 0.0481. The highest BCUT2D eigenvalue weighted by atomic mass is 16.8. The van der Waals surface area contributed by atoms with Crippen LogP contribution in [0.1, 0.15) is 73.6 Å². The van der Waals surface area contributed by atoms with Gasteiger partial charge in [-0.3, -0.25) is 0 Å². The number of fused-ring (bicyclic) bond motifs is 7. The normalized spacial score (nSPS) is 59.3. The average Bonchev–Trinajstić information content (AvgIpc) is 3.96. The van der Waals surface area contributed by atoms with Gasteiger partial charge in [0, 0.05) is 35.0 Å². The number of hydrogen-bond donors (Lipinski definition) is 15. The van der Waals surface area contributed by atoms with Gasteiger partial charge < -0.3 is 124 Å². The molecule has 6 heterocycles. The Balaban J connectivity index is 0.899. The lowest BCUT2D eigenvalue weighted by molar-refractivity contribution is -0.389. The Morgan fingerprint density at radius 2 is 1.14 bits per heavy atom. The molecule has 0 bridgehead atoms. The largest absolute Gasteiger partial charge is 0.394 e. The molecule has 25 nitrogen and oxygen atoms in total. The summed E-state index contributed by atoms with van der Waals surface area (Å²) in [4.78, 5) is 0. The first kappa shape index (κ1) is 58.0. The van der Waals surface area contributed by atoms with E-state index in [1.807, 2.05) is 13.8 Å². The summed E-state index contributed by atoms with van der Waals surface area (Å²) >= 11 is 0. The molecule has 1 spiro atoms. The van der Waals surface area contributed by atoms with Crippen LogP contribution in [0, 0.1) is 46.3 Å². The van der Waals surface area contributed by atoms with Gasteiger partial charge in [-0.2, -0.15) is 0 Å². The Bertz CT molecular complexity index is 2060. The lowest BCUT2D eigenvalue weighted by Crippen LogP contribution is -2.67. The molecule has 0 aromatic rings. The van der Waals surface area contributed by atoms with Crippen LogP contribution in [0.5, 0.6) is 0 Å². The Labute approximate surface area is 439 Å². The van der Waals surface area contributed by atoms with E-state index in [0.29, 0.717) is 19.3 Å². The van der Waals surface area contributed by atoms with E-state index in [9.17, 15) is 76.6 Å². The van der Waals surface area contributed by atoms with E-state index in [1.54, 1.807) is 6.92 Å². The van der Waals surface area contributed by atoms with Crippen molar-refractivity contribution in [3.8, 4) is 0 Å². The number of aliphatic hydroxyl groups excluding tert-OH is 15. The molecular weight excluding hydrogens is 1010 g/mol. The zero-order valence-electron chi connectivity index (χ0n) is 43.5. The van der Waals surface area contributed by atoms with Gasteiger partial charge in [0.2, 0.25) is 5.79 Å². The van der Waals surface area contributed by atoms with Crippen molar-refractivity contribution in [1.29, 1.82) is 0 Å². The molecular formula is C51H82O25. The van der Waals surface area contributed by atoms with Crippen LogP contribution >= 0.6 is 0 Å². The van der Waals surface area contributed by atoms with Crippen molar-refractivity contribution in [1.82, 2.24) is 0 Å². The maximum atomic E-state index is 12.8. The summed E-state index contributed by atoms with van der Waals surface area (Å²) in [5.41, 5.74) is -0.818. The van der Waals surface area contributed by atoms with Crippen molar-refractivity contribution in [3.05, 3.63) is 11.6 Å². The summed E-state index contributed by atoms with van der Waals surface area (Å²) in [5.74, 6) is -3.32. The summed E-state index contributed by atoms with van der Waals surface area (Å²) in [5, 5.41) is 165. The van der Waals surface area contributed by atoms with Crippen molar-refractivity contribution in [2.45, 2.75) is 239 Å². The lowest BCUT2D eigenvalue weighted by atomic mass is 9.45. The van der Waals surface area contributed by atoms with Gasteiger partial charge in [-0.1, -0.05) is 39.3 Å². The second-order valence-corrected chi connectivity index (χ2v) is 24.2. The Hall–Kier alpha value is -1.26. The van der Waals surface area contributed by atoms with Crippen LogP contribution in [0.15, 0.2) is 11.6 Å². The second-order valence-electron chi connectivity index (χ2n) is 24.2. The van der Waals surface area contributed by atoms with E-state index in [4.69, 9.17) is 47.4 Å². The first-order valence-electron chi connectivity index (χ1n) is 27.1. The summed E-state index contributed by atoms with van der Waals surface area (Å²) in [6.45, 7) is 9.34. The first-order valence-corrected chi connectivity index (χ1v) is 27.1. The van der Waals surface area contributed by atoms with Gasteiger partial charge in [-0.05, 0) is 57.3 Å². The zero-order chi connectivity index (χ0) is 55.0.